The molecule has 1 aliphatic heterocycles. The van der Waals surface area contributed by atoms with Crippen LogP contribution >= 0.6 is 0 Å². The topological polar surface area (TPSA) is 67.6 Å². The van der Waals surface area contributed by atoms with Crippen molar-refractivity contribution in [1.29, 1.82) is 0 Å². The number of carbonyl (C=O) groups is 1. The van der Waals surface area contributed by atoms with Crippen molar-refractivity contribution in [1.82, 2.24) is 14.5 Å². The summed E-state index contributed by atoms with van der Waals surface area (Å²) in [6.45, 7) is 4.00. The summed E-state index contributed by atoms with van der Waals surface area (Å²) in [4.78, 5) is 19.4. The Balaban J connectivity index is 1.65. The van der Waals surface area contributed by atoms with Crippen LogP contribution in [-0.2, 0) is 10.3 Å². The third-order valence-corrected chi connectivity index (χ3v) is 6.25. The van der Waals surface area contributed by atoms with Crippen LogP contribution in [0.25, 0.3) is 11.8 Å². The molecule has 6 nitrogen and oxygen atoms in total. The molecule has 4 rings (SSSR count). The van der Waals surface area contributed by atoms with Crippen molar-refractivity contribution in [3.63, 3.8) is 0 Å². The number of hydrogen-bond donors (Lipinski definition) is 1. The molecular formula is C26H28FN3O3. The molecule has 1 saturated heterocycles. The van der Waals surface area contributed by atoms with Gasteiger partial charge < -0.3 is 19.3 Å². The molecule has 1 amide bonds. The zero-order valence-electron chi connectivity index (χ0n) is 19.1. The number of aromatic nitrogens is 2. The molecule has 0 spiro atoms. The van der Waals surface area contributed by atoms with Crippen LogP contribution < -0.4 is 4.74 Å². The van der Waals surface area contributed by atoms with E-state index in [2.05, 4.69) is 4.98 Å². The minimum absolute atomic E-state index is 0.129. The lowest BCUT2D eigenvalue weighted by molar-refractivity contribution is -0.137. The maximum Gasteiger partial charge on any atom is 0.250 e. The Morgan fingerprint density at radius 3 is 2.64 bits per heavy atom. The van der Waals surface area contributed by atoms with Gasteiger partial charge in [0.2, 0.25) is 0 Å². The Labute approximate surface area is 192 Å². The van der Waals surface area contributed by atoms with Gasteiger partial charge >= 0.3 is 0 Å². The van der Waals surface area contributed by atoms with Crippen molar-refractivity contribution in [2.75, 3.05) is 20.3 Å². The number of methoxy groups -OCH3 is 1. The Kier molecular flexibility index (Phi) is 6.33. The molecule has 1 aromatic heterocycles. The Morgan fingerprint density at radius 2 is 2.00 bits per heavy atom. The third-order valence-electron chi connectivity index (χ3n) is 6.25. The minimum Gasteiger partial charge on any atom is -0.495 e. The van der Waals surface area contributed by atoms with E-state index >= 15 is 0 Å². The van der Waals surface area contributed by atoms with Gasteiger partial charge in [0.05, 0.1) is 37.0 Å². The number of aliphatic hydroxyl groups is 1. The summed E-state index contributed by atoms with van der Waals surface area (Å²) < 4.78 is 20.9. The highest BCUT2D eigenvalue weighted by Crippen LogP contribution is 2.34. The average molecular weight is 450 g/mol. The number of benzene rings is 2. The number of piperidine rings is 1. The van der Waals surface area contributed by atoms with Crippen LogP contribution in [0.1, 0.15) is 36.6 Å². The second-order valence-corrected chi connectivity index (χ2v) is 8.52. The van der Waals surface area contributed by atoms with Crippen molar-refractivity contribution in [3.05, 3.63) is 83.2 Å². The van der Waals surface area contributed by atoms with E-state index in [1.54, 1.807) is 30.5 Å². The van der Waals surface area contributed by atoms with E-state index in [0.717, 1.165) is 23.4 Å². The Hall–Kier alpha value is -3.45. The number of amides is 1. The lowest BCUT2D eigenvalue weighted by atomic mass is 9.87. The molecule has 0 bridgehead atoms. The first-order valence-corrected chi connectivity index (χ1v) is 10.9. The van der Waals surface area contributed by atoms with Crippen LogP contribution in [0.3, 0.4) is 0 Å². The van der Waals surface area contributed by atoms with E-state index in [1.807, 2.05) is 48.9 Å². The van der Waals surface area contributed by atoms with Gasteiger partial charge in [-0.25, -0.2) is 9.37 Å². The van der Waals surface area contributed by atoms with E-state index in [4.69, 9.17) is 4.74 Å². The molecule has 2 aromatic carbocycles. The standard InChI is InChI=1S/C26H28FN3O3/c1-18-15-29(17-28-18)23-11-6-19(14-24(23)33-3)13-20-5-4-12-30(25(20)32)26(2,16-31)21-7-9-22(27)10-8-21/h6-11,13-15,17,31H,4-5,12,16H2,1-3H3/b20-13+. The van der Waals surface area contributed by atoms with Crippen molar-refractivity contribution in [2.45, 2.75) is 32.2 Å². The molecule has 1 unspecified atom stereocenters. The highest BCUT2D eigenvalue weighted by atomic mass is 19.1. The zero-order chi connectivity index (χ0) is 23.6. The van der Waals surface area contributed by atoms with E-state index in [9.17, 15) is 14.3 Å². The van der Waals surface area contributed by atoms with Crippen molar-refractivity contribution in [2.24, 2.45) is 0 Å². The summed E-state index contributed by atoms with van der Waals surface area (Å²) in [7, 11) is 1.61. The summed E-state index contributed by atoms with van der Waals surface area (Å²) in [6.07, 6.45) is 6.95. The first kappa shape index (κ1) is 22.7. The number of rotatable bonds is 6. The third kappa shape index (κ3) is 4.41. The number of likely N-dealkylation sites (tertiary alicyclic amines) is 1. The van der Waals surface area contributed by atoms with Crippen molar-refractivity contribution >= 4 is 12.0 Å². The second-order valence-electron chi connectivity index (χ2n) is 8.52. The lowest BCUT2D eigenvalue weighted by Crippen LogP contribution is -2.52. The van der Waals surface area contributed by atoms with Crippen LogP contribution in [-0.4, -0.2) is 45.7 Å². The van der Waals surface area contributed by atoms with Crippen LogP contribution in [0.2, 0.25) is 0 Å². The highest BCUT2D eigenvalue weighted by Gasteiger charge is 2.39. The van der Waals surface area contributed by atoms with E-state index < -0.39 is 5.54 Å². The number of imidazole rings is 1. The number of aliphatic hydroxyl groups excluding tert-OH is 1. The van der Waals surface area contributed by atoms with Gasteiger partial charge in [0.1, 0.15) is 11.6 Å². The zero-order valence-corrected chi connectivity index (χ0v) is 19.1. The molecule has 1 N–H and O–H groups in total. The van der Waals surface area contributed by atoms with Crippen molar-refractivity contribution in [3.8, 4) is 11.4 Å². The van der Waals surface area contributed by atoms with Gasteiger partial charge in [-0.15, -0.1) is 0 Å². The van der Waals surface area contributed by atoms with Gasteiger partial charge in [0, 0.05) is 18.3 Å². The molecule has 1 fully saturated rings. The van der Waals surface area contributed by atoms with Gasteiger partial charge in [0.25, 0.3) is 5.91 Å². The van der Waals surface area contributed by atoms with Crippen molar-refractivity contribution < 1.29 is 19.0 Å². The molecule has 1 aliphatic rings. The average Bonchev–Trinajstić information content (AvgIpc) is 3.26. The summed E-state index contributed by atoms with van der Waals surface area (Å²) in [6, 6.07) is 11.7. The second kappa shape index (κ2) is 9.19. The molecule has 3 aromatic rings. The van der Waals surface area contributed by atoms with Gasteiger partial charge in [0.15, 0.2) is 0 Å². The number of carbonyl (C=O) groups excluding carboxylic acids is 1. The fourth-order valence-corrected chi connectivity index (χ4v) is 4.31. The highest BCUT2D eigenvalue weighted by molar-refractivity contribution is 5.99. The SMILES string of the molecule is COc1cc(/C=C2\CCCN(C(C)(CO)c3ccc(F)cc3)C2=O)ccc1-n1cnc(C)c1. The van der Waals surface area contributed by atoms with E-state index in [1.165, 1.54) is 12.1 Å². The first-order valence-electron chi connectivity index (χ1n) is 10.9. The van der Waals surface area contributed by atoms with E-state index in [-0.39, 0.29) is 18.3 Å². The molecule has 172 valence electrons. The molecule has 33 heavy (non-hydrogen) atoms. The van der Waals surface area contributed by atoms with Gasteiger partial charge in [-0.2, -0.15) is 0 Å². The summed E-state index contributed by atoms with van der Waals surface area (Å²) >= 11 is 0. The Bertz CT molecular complexity index is 1190. The largest absolute Gasteiger partial charge is 0.495 e. The normalized spacial score (nSPS) is 17.3. The molecule has 0 radical (unpaired) electrons. The van der Waals surface area contributed by atoms with Gasteiger partial charge in [-0.1, -0.05) is 18.2 Å². The maximum atomic E-state index is 13.5. The smallest absolute Gasteiger partial charge is 0.250 e. The number of hydrogen-bond acceptors (Lipinski definition) is 4. The molecule has 7 heteroatoms. The van der Waals surface area contributed by atoms with Crippen LogP contribution in [0.4, 0.5) is 4.39 Å². The molecule has 0 saturated carbocycles. The fraction of sp³-hybridized carbons (Fsp3) is 0.308. The predicted molar refractivity (Wildman–Crippen MR) is 125 cm³/mol. The number of ether oxygens (including phenoxy) is 1. The summed E-state index contributed by atoms with van der Waals surface area (Å²) in [5.41, 5.74) is 3.04. The molecule has 0 aliphatic carbocycles. The Morgan fingerprint density at radius 1 is 1.24 bits per heavy atom. The van der Waals surface area contributed by atoms with Crippen LogP contribution in [0.15, 0.2) is 60.6 Å². The molecule has 1 atom stereocenters. The number of halogens is 1. The van der Waals surface area contributed by atoms with Crippen LogP contribution in [0, 0.1) is 12.7 Å². The van der Waals surface area contributed by atoms with Gasteiger partial charge in [-0.3, -0.25) is 4.79 Å². The monoisotopic (exact) mass is 449 g/mol. The summed E-state index contributed by atoms with van der Waals surface area (Å²) in [5.74, 6) is 0.191. The number of aryl methyl sites for hydroxylation is 1. The fourth-order valence-electron chi connectivity index (χ4n) is 4.31. The predicted octanol–water partition coefficient (Wildman–Crippen LogP) is 4.24. The number of nitrogens with zero attached hydrogens (tertiary/aromatic N) is 3. The summed E-state index contributed by atoms with van der Waals surface area (Å²) in [5, 5.41) is 10.2. The first-order chi connectivity index (χ1) is 15.9. The molecule has 2 heterocycles. The lowest BCUT2D eigenvalue weighted by Gasteiger charge is -2.43. The van der Waals surface area contributed by atoms with E-state index in [0.29, 0.717) is 29.9 Å². The molecular weight excluding hydrogens is 421 g/mol. The minimum atomic E-state index is -0.939. The van der Waals surface area contributed by atoms with Gasteiger partial charge in [-0.05, 0) is 68.2 Å². The quantitative estimate of drug-likeness (QED) is 0.572. The van der Waals surface area contributed by atoms with Crippen LogP contribution in [0.5, 0.6) is 5.75 Å². The maximum absolute atomic E-state index is 13.5.